The summed E-state index contributed by atoms with van der Waals surface area (Å²) >= 11 is 3.51. The maximum Gasteiger partial charge on any atom is 0.323 e. The first-order valence-corrected chi connectivity index (χ1v) is 10.9. The van der Waals surface area contributed by atoms with Gasteiger partial charge in [-0.25, -0.2) is 9.78 Å². The monoisotopic (exact) mass is 444 g/mol. The van der Waals surface area contributed by atoms with Gasteiger partial charge in [0.1, 0.15) is 10.4 Å². The molecule has 28 heavy (non-hydrogen) atoms. The van der Waals surface area contributed by atoms with Gasteiger partial charge >= 0.3 is 6.03 Å². The number of pyridine rings is 1. The molecule has 1 aromatic carbocycles. The minimum Gasteiger partial charge on any atom is -0.354 e. The zero-order chi connectivity index (χ0) is 19.9. The number of carbonyl (C=O) groups is 1. The molecule has 0 atom stereocenters. The van der Waals surface area contributed by atoms with E-state index >= 15 is 0 Å². The van der Waals surface area contributed by atoms with E-state index in [0.717, 1.165) is 40.3 Å². The van der Waals surface area contributed by atoms with E-state index in [1.54, 1.807) is 0 Å². The van der Waals surface area contributed by atoms with Crippen molar-refractivity contribution in [2.75, 3.05) is 22.1 Å². The van der Waals surface area contributed by atoms with Gasteiger partial charge in [-0.2, -0.15) is 0 Å². The second-order valence-electron chi connectivity index (χ2n) is 7.47. The lowest BCUT2D eigenvalue weighted by atomic mass is 9.94. The molecule has 1 aromatic heterocycles. The van der Waals surface area contributed by atoms with Gasteiger partial charge in [-0.15, -0.1) is 0 Å². The second kappa shape index (κ2) is 9.92. The number of nitrogens with one attached hydrogen (secondary N) is 2. The zero-order valence-electron chi connectivity index (χ0n) is 16.7. The van der Waals surface area contributed by atoms with Crippen molar-refractivity contribution in [3.63, 3.8) is 0 Å². The van der Waals surface area contributed by atoms with Crippen molar-refractivity contribution in [3.05, 3.63) is 46.6 Å². The Morgan fingerprint density at radius 3 is 2.46 bits per heavy atom. The smallest absolute Gasteiger partial charge is 0.323 e. The van der Waals surface area contributed by atoms with Crippen molar-refractivity contribution in [1.82, 2.24) is 4.98 Å². The lowest BCUT2D eigenvalue weighted by Gasteiger charge is -2.35. The van der Waals surface area contributed by atoms with Crippen molar-refractivity contribution >= 4 is 39.2 Å². The molecule has 0 radical (unpaired) electrons. The fraction of sp³-hybridized carbons (Fsp3) is 0.455. The Balaban J connectivity index is 1.73. The third-order valence-electron chi connectivity index (χ3n) is 5.12. The summed E-state index contributed by atoms with van der Waals surface area (Å²) in [5.74, 6) is 0.925. The molecule has 0 saturated heterocycles. The SMILES string of the molecule is CCCN(c1cc(NC(=O)Nc2ccc(C)cc2)cc(Br)n1)C1CCCCC1. The Morgan fingerprint density at radius 1 is 1.11 bits per heavy atom. The summed E-state index contributed by atoms with van der Waals surface area (Å²) in [7, 11) is 0. The van der Waals surface area contributed by atoms with E-state index in [1.807, 2.05) is 43.3 Å². The molecule has 2 amide bonds. The van der Waals surface area contributed by atoms with Crippen molar-refractivity contribution < 1.29 is 4.79 Å². The molecule has 6 heteroatoms. The van der Waals surface area contributed by atoms with Gasteiger partial charge in [0.15, 0.2) is 0 Å². The van der Waals surface area contributed by atoms with Crippen LogP contribution in [0.2, 0.25) is 0 Å². The summed E-state index contributed by atoms with van der Waals surface area (Å²) < 4.78 is 0.729. The molecule has 1 heterocycles. The second-order valence-corrected chi connectivity index (χ2v) is 8.28. The Kier molecular flexibility index (Phi) is 7.31. The molecule has 0 spiro atoms. The molecule has 5 nitrogen and oxygen atoms in total. The first-order valence-electron chi connectivity index (χ1n) is 10.1. The maximum absolute atomic E-state index is 12.4. The number of carbonyl (C=O) groups excluding carboxylic acids is 1. The molecule has 1 fully saturated rings. The van der Waals surface area contributed by atoms with Gasteiger partial charge < -0.3 is 15.5 Å². The van der Waals surface area contributed by atoms with Crippen LogP contribution in [0.3, 0.4) is 0 Å². The molecule has 1 aliphatic rings. The Bertz CT molecular complexity index is 788. The molecule has 1 aliphatic carbocycles. The predicted octanol–water partition coefficient (Wildman–Crippen LogP) is 6.35. The molecule has 0 unspecified atom stereocenters. The first-order chi connectivity index (χ1) is 13.5. The van der Waals surface area contributed by atoms with Crippen LogP contribution >= 0.6 is 15.9 Å². The van der Waals surface area contributed by atoms with E-state index in [-0.39, 0.29) is 6.03 Å². The first kappa shape index (κ1) is 20.6. The Hall–Kier alpha value is -2.08. The van der Waals surface area contributed by atoms with E-state index in [4.69, 9.17) is 4.98 Å². The molecule has 1 saturated carbocycles. The average molecular weight is 445 g/mol. The number of nitrogens with zero attached hydrogens (tertiary/aromatic N) is 2. The van der Waals surface area contributed by atoms with Gasteiger partial charge in [-0.05, 0) is 60.3 Å². The summed E-state index contributed by atoms with van der Waals surface area (Å²) in [6, 6.07) is 11.8. The Labute approximate surface area is 176 Å². The van der Waals surface area contributed by atoms with Gasteiger partial charge in [-0.1, -0.05) is 43.9 Å². The van der Waals surface area contributed by atoms with E-state index in [2.05, 4.69) is 38.4 Å². The number of anilines is 3. The van der Waals surface area contributed by atoms with E-state index < -0.39 is 0 Å². The van der Waals surface area contributed by atoms with E-state index in [9.17, 15) is 4.79 Å². The van der Waals surface area contributed by atoms with Crippen LogP contribution in [0.4, 0.5) is 22.0 Å². The van der Waals surface area contributed by atoms with Crippen LogP contribution in [0.1, 0.15) is 51.0 Å². The number of hydrogen-bond donors (Lipinski definition) is 2. The van der Waals surface area contributed by atoms with Crippen LogP contribution in [-0.2, 0) is 0 Å². The van der Waals surface area contributed by atoms with Crippen LogP contribution in [0.15, 0.2) is 41.0 Å². The molecular weight excluding hydrogens is 416 g/mol. The summed E-state index contributed by atoms with van der Waals surface area (Å²) in [4.78, 5) is 19.5. The lowest BCUT2D eigenvalue weighted by molar-refractivity contribution is 0.262. The highest BCUT2D eigenvalue weighted by Crippen LogP contribution is 2.29. The zero-order valence-corrected chi connectivity index (χ0v) is 18.3. The molecule has 2 N–H and O–H groups in total. The number of amides is 2. The minimum absolute atomic E-state index is 0.257. The minimum atomic E-state index is -0.257. The van der Waals surface area contributed by atoms with Gasteiger partial charge in [0, 0.05) is 30.0 Å². The van der Waals surface area contributed by atoms with Crippen molar-refractivity contribution in [2.45, 2.75) is 58.4 Å². The summed E-state index contributed by atoms with van der Waals surface area (Å²) in [6.45, 7) is 5.19. The van der Waals surface area contributed by atoms with Crippen LogP contribution in [0.5, 0.6) is 0 Å². The summed E-state index contributed by atoms with van der Waals surface area (Å²) in [6.07, 6.45) is 7.39. The molecule has 2 aromatic rings. The topological polar surface area (TPSA) is 57.3 Å². The lowest BCUT2D eigenvalue weighted by Crippen LogP contribution is -2.38. The average Bonchev–Trinajstić information content (AvgIpc) is 2.68. The predicted molar refractivity (Wildman–Crippen MR) is 120 cm³/mol. The van der Waals surface area contributed by atoms with Gasteiger partial charge in [0.05, 0.1) is 0 Å². The van der Waals surface area contributed by atoms with Crippen LogP contribution in [-0.4, -0.2) is 23.6 Å². The van der Waals surface area contributed by atoms with Crippen LogP contribution in [0.25, 0.3) is 0 Å². The number of rotatable bonds is 6. The standard InChI is InChI=1S/C22H29BrN4O/c1-3-13-27(19-7-5-4-6-8-19)21-15-18(14-20(23)26-21)25-22(28)24-17-11-9-16(2)10-12-17/h9-12,14-15,19H,3-8,13H2,1-2H3,(H2,24,25,26,28). The van der Waals surface area contributed by atoms with Crippen molar-refractivity contribution in [3.8, 4) is 0 Å². The maximum atomic E-state index is 12.4. The van der Waals surface area contributed by atoms with Crippen molar-refractivity contribution in [1.29, 1.82) is 0 Å². The largest absolute Gasteiger partial charge is 0.354 e. The third kappa shape index (κ3) is 5.71. The number of aromatic nitrogens is 1. The number of urea groups is 1. The number of benzene rings is 1. The highest BCUT2D eigenvalue weighted by Gasteiger charge is 2.22. The van der Waals surface area contributed by atoms with Gasteiger partial charge in [-0.3, -0.25) is 0 Å². The van der Waals surface area contributed by atoms with Crippen LogP contribution < -0.4 is 15.5 Å². The number of hydrogen-bond acceptors (Lipinski definition) is 3. The highest BCUT2D eigenvalue weighted by molar-refractivity contribution is 9.10. The number of aryl methyl sites for hydroxylation is 1. The molecule has 0 aliphatic heterocycles. The van der Waals surface area contributed by atoms with Gasteiger partial charge in [0.2, 0.25) is 0 Å². The fourth-order valence-electron chi connectivity index (χ4n) is 3.75. The quantitative estimate of drug-likeness (QED) is 0.510. The fourth-order valence-corrected chi connectivity index (χ4v) is 4.18. The normalized spacial score (nSPS) is 14.5. The summed E-state index contributed by atoms with van der Waals surface area (Å²) in [5, 5.41) is 5.81. The molecule has 3 rings (SSSR count). The summed E-state index contributed by atoms with van der Waals surface area (Å²) in [5.41, 5.74) is 2.66. The van der Waals surface area contributed by atoms with Crippen molar-refractivity contribution in [2.24, 2.45) is 0 Å². The number of halogens is 1. The third-order valence-corrected chi connectivity index (χ3v) is 5.53. The van der Waals surface area contributed by atoms with Gasteiger partial charge in [0.25, 0.3) is 0 Å². The van der Waals surface area contributed by atoms with Crippen LogP contribution in [0, 0.1) is 6.92 Å². The molecule has 150 valence electrons. The van der Waals surface area contributed by atoms with E-state index in [0.29, 0.717) is 6.04 Å². The highest BCUT2D eigenvalue weighted by atomic mass is 79.9. The molecule has 0 bridgehead atoms. The molecular formula is C22H29BrN4O. The van der Waals surface area contributed by atoms with E-state index in [1.165, 1.54) is 32.1 Å². The Morgan fingerprint density at radius 2 is 1.79 bits per heavy atom.